The van der Waals surface area contributed by atoms with Gasteiger partial charge in [-0.2, -0.15) is 0 Å². The number of nitro benzene ring substituents is 1. The lowest BCUT2D eigenvalue weighted by Crippen LogP contribution is -2.48. The summed E-state index contributed by atoms with van der Waals surface area (Å²) in [7, 11) is 4.03. The van der Waals surface area contributed by atoms with Crippen LogP contribution in [0.4, 0.5) is 5.69 Å². The van der Waals surface area contributed by atoms with Gasteiger partial charge in [-0.25, -0.2) is 0 Å². The van der Waals surface area contributed by atoms with Crippen LogP contribution in [0.3, 0.4) is 0 Å². The molecular formula is C16H26N4O3. The van der Waals surface area contributed by atoms with E-state index in [0.29, 0.717) is 19.6 Å². The Hall–Kier alpha value is -1.54. The van der Waals surface area contributed by atoms with Crippen LogP contribution in [0.15, 0.2) is 24.3 Å². The Kier molecular flexibility index (Phi) is 6.47. The minimum atomic E-state index is -0.415. The molecule has 1 unspecified atom stereocenters. The molecule has 0 amide bonds. The van der Waals surface area contributed by atoms with Crippen molar-refractivity contribution < 1.29 is 10.0 Å². The largest absolute Gasteiger partial charge is 0.390 e. The summed E-state index contributed by atoms with van der Waals surface area (Å²) < 4.78 is 0. The predicted molar refractivity (Wildman–Crippen MR) is 89.4 cm³/mol. The Bertz CT molecular complexity index is 518. The van der Waals surface area contributed by atoms with Gasteiger partial charge in [-0.3, -0.25) is 19.9 Å². The van der Waals surface area contributed by atoms with Crippen LogP contribution in [0.5, 0.6) is 0 Å². The fourth-order valence-electron chi connectivity index (χ4n) is 2.89. The maximum atomic E-state index is 10.8. The van der Waals surface area contributed by atoms with Gasteiger partial charge in [0.2, 0.25) is 0 Å². The van der Waals surface area contributed by atoms with Crippen LogP contribution < -0.4 is 0 Å². The van der Waals surface area contributed by atoms with Crippen molar-refractivity contribution >= 4 is 5.69 Å². The van der Waals surface area contributed by atoms with Crippen LogP contribution in [0.2, 0.25) is 0 Å². The molecule has 0 spiro atoms. The van der Waals surface area contributed by atoms with Gasteiger partial charge in [0.1, 0.15) is 0 Å². The zero-order chi connectivity index (χ0) is 16.8. The van der Waals surface area contributed by atoms with Gasteiger partial charge in [0.05, 0.1) is 11.0 Å². The highest BCUT2D eigenvalue weighted by Gasteiger charge is 2.18. The van der Waals surface area contributed by atoms with Gasteiger partial charge >= 0.3 is 0 Å². The molecule has 0 saturated carbocycles. The van der Waals surface area contributed by atoms with Crippen molar-refractivity contribution in [1.29, 1.82) is 0 Å². The third-order valence-corrected chi connectivity index (χ3v) is 4.16. The molecule has 0 aromatic heterocycles. The van der Waals surface area contributed by atoms with Gasteiger partial charge < -0.3 is 10.0 Å². The number of β-amino-alcohol motifs (C(OH)–C–C–N with tert-alkyl or cyclic N) is 1. The number of aliphatic hydroxyl groups is 1. The van der Waals surface area contributed by atoms with Crippen molar-refractivity contribution in [3.8, 4) is 0 Å². The summed E-state index contributed by atoms with van der Waals surface area (Å²) in [5.41, 5.74) is 0.988. The number of aliphatic hydroxyl groups excluding tert-OH is 1. The first-order valence-electron chi connectivity index (χ1n) is 7.95. The Labute approximate surface area is 137 Å². The molecule has 1 heterocycles. The molecule has 7 nitrogen and oxygen atoms in total. The van der Waals surface area contributed by atoms with Gasteiger partial charge in [-0.05, 0) is 19.7 Å². The van der Waals surface area contributed by atoms with E-state index in [-0.39, 0.29) is 10.6 Å². The van der Waals surface area contributed by atoms with Crippen LogP contribution in [0.25, 0.3) is 0 Å². The molecule has 1 aliphatic rings. The zero-order valence-electron chi connectivity index (χ0n) is 13.9. The van der Waals surface area contributed by atoms with Crippen molar-refractivity contribution in [3.63, 3.8) is 0 Å². The molecule has 1 aromatic carbocycles. The second-order valence-electron chi connectivity index (χ2n) is 6.38. The fourth-order valence-corrected chi connectivity index (χ4v) is 2.89. The monoisotopic (exact) mass is 322 g/mol. The number of nitrogens with zero attached hydrogens (tertiary/aromatic N) is 4. The van der Waals surface area contributed by atoms with Crippen molar-refractivity contribution in [2.24, 2.45) is 0 Å². The summed E-state index contributed by atoms with van der Waals surface area (Å²) in [5.74, 6) is 0. The summed E-state index contributed by atoms with van der Waals surface area (Å²) in [6, 6.07) is 6.65. The van der Waals surface area contributed by atoms with Crippen molar-refractivity contribution in [1.82, 2.24) is 14.7 Å². The van der Waals surface area contributed by atoms with Crippen molar-refractivity contribution in [3.05, 3.63) is 39.9 Å². The molecule has 1 aliphatic heterocycles. The highest BCUT2D eigenvalue weighted by molar-refractivity contribution is 5.34. The van der Waals surface area contributed by atoms with Crippen molar-refractivity contribution in [2.45, 2.75) is 12.6 Å². The smallest absolute Gasteiger partial charge is 0.269 e. The molecule has 7 heteroatoms. The minimum absolute atomic E-state index is 0.105. The van der Waals surface area contributed by atoms with Crippen LogP contribution in [0.1, 0.15) is 5.56 Å². The van der Waals surface area contributed by atoms with Gasteiger partial charge in [-0.1, -0.05) is 12.1 Å². The molecule has 0 aliphatic carbocycles. The first-order chi connectivity index (χ1) is 10.9. The number of piperazine rings is 1. The second kappa shape index (κ2) is 8.35. The van der Waals surface area contributed by atoms with Gasteiger partial charge in [-0.15, -0.1) is 0 Å². The molecule has 1 N–H and O–H groups in total. The quantitative estimate of drug-likeness (QED) is 0.586. The number of nitro groups is 1. The average molecular weight is 322 g/mol. The van der Waals surface area contributed by atoms with Gasteiger partial charge in [0.15, 0.2) is 0 Å². The Balaban J connectivity index is 1.78. The minimum Gasteiger partial charge on any atom is -0.390 e. The normalized spacial score (nSPS) is 18.3. The summed E-state index contributed by atoms with van der Waals surface area (Å²) in [6.07, 6.45) is -0.415. The van der Waals surface area contributed by atoms with E-state index in [1.807, 2.05) is 18.0 Å². The number of hydrogen-bond acceptors (Lipinski definition) is 6. The first kappa shape index (κ1) is 17.8. The standard InChI is InChI=1S/C16H26N4O3/c1-17-6-8-19(9-7-17)13-16(21)12-18(2)11-14-4-3-5-15(10-14)20(22)23/h3-5,10,16,21H,6-9,11-13H2,1-2H3. The van der Waals surface area contributed by atoms with E-state index in [4.69, 9.17) is 0 Å². The maximum Gasteiger partial charge on any atom is 0.269 e. The maximum absolute atomic E-state index is 10.8. The molecule has 1 fully saturated rings. The average Bonchev–Trinajstić information content (AvgIpc) is 2.49. The number of non-ortho nitro benzene ring substituents is 1. The molecule has 1 saturated heterocycles. The fraction of sp³-hybridized carbons (Fsp3) is 0.625. The van der Waals surface area contributed by atoms with E-state index in [9.17, 15) is 15.2 Å². The topological polar surface area (TPSA) is 73.1 Å². The van der Waals surface area contributed by atoms with Crippen LogP contribution in [-0.4, -0.2) is 84.2 Å². The molecule has 1 atom stereocenters. The first-order valence-corrected chi connectivity index (χ1v) is 7.95. The molecule has 0 bridgehead atoms. The summed E-state index contributed by atoms with van der Waals surface area (Å²) in [6.45, 7) is 5.86. The SMILES string of the molecule is CN1CCN(CC(O)CN(C)Cc2cccc([N+](=O)[O-])c2)CC1. The van der Waals surface area contributed by atoms with E-state index in [0.717, 1.165) is 31.7 Å². The third-order valence-electron chi connectivity index (χ3n) is 4.16. The van der Waals surface area contributed by atoms with Gasteiger partial charge in [0, 0.05) is 57.9 Å². The molecule has 1 aromatic rings. The number of likely N-dealkylation sites (N-methyl/N-ethyl adjacent to an activating group) is 2. The van der Waals surface area contributed by atoms with E-state index in [1.54, 1.807) is 12.1 Å². The van der Waals surface area contributed by atoms with Crippen LogP contribution in [-0.2, 0) is 6.54 Å². The van der Waals surface area contributed by atoms with Crippen LogP contribution in [0, 0.1) is 10.1 Å². The van der Waals surface area contributed by atoms with E-state index in [1.165, 1.54) is 6.07 Å². The molecule has 128 valence electrons. The Morgan fingerprint density at radius 1 is 1.35 bits per heavy atom. The lowest BCUT2D eigenvalue weighted by atomic mass is 10.2. The lowest BCUT2D eigenvalue weighted by Gasteiger charge is -2.34. The predicted octanol–water partition coefficient (Wildman–Crippen LogP) is 0.635. The Morgan fingerprint density at radius 2 is 2.04 bits per heavy atom. The summed E-state index contributed by atoms with van der Waals surface area (Å²) >= 11 is 0. The van der Waals surface area contributed by atoms with Gasteiger partial charge in [0.25, 0.3) is 5.69 Å². The Morgan fingerprint density at radius 3 is 2.70 bits per heavy atom. The molecule has 0 radical (unpaired) electrons. The molecule has 2 rings (SSSR count). The van der Waals surface area contributed by atoms with Crippen molar-refractivity contribution in [2.75, 3.05) is 53.4 Å². The lowest BCUT2D eigenvalue weighted by molar-refractivity contribution is -0.384. The zero-order valence-corrected chi connectivity index (χ0v) is 13.9. The summed E-state index contributed by atoms with van der Waals surface area (Å²) in [5, 5.41) is 21.1. The highest BCUT2D eigenvalue weighted by atomic mass is 16.6. The summed E-state index contributed by atoms with van der Waals surface area (Å²) in [4.78, 5) is 17.0. The highest BCUT2D eigenvalue weighted by Crippen LogP contribution is 2.14. The van der Waals surface area contributed by atoms with E-state index in [2.05, 4.69) is 16.8 Å². The number of benzene rings is 1. The van der Waals surface area contributed by atoms with E-state index >= 15 is 0 Å². The third kappa shape index (κ3) is 5.87. The molecule has 23 heavy (non-hydrogen) atoms. The number of rotatable bonds is 7. The second-order valence-corrected chi connectivity index (χ2v) is 6.38. The van der Waals surface area contributed by atoms with Crippen LogP contribution >= 0.6 is 0 Å². The number of hydrogen-bond donors (Lipinski definition) is 1. The van der Waals surface area contributed by atoms with E-state index < -0.39 is 6.10 Å². The molecular weight excluding hydrogens is 296 g/mol.